The highest BCUT2D eigenvalue weighted by Gasteiger charge is 2.24. The number of carboxylic acids is 1. The van der Waals surface area contributed by atoms with Crippen LogP contribution in [0.3, 0.4) is 0 Å². The molecule has 1 fully saturated rings. The van der Waals surface area contributed by atoms with Gasteiger partial charge in [0.1, 0.15) is 6.54 Å². The molecule has 1 aromatic rings. The average Bonchev–Trinajstić information content (AvgIpc) is 2.54. The second kappa shape index (κ2) is 7.79. The van der Waals surface area contributed by atoms with E-state index in [9.17, 15) is 9.59 Å². The van der Waals surface area contributed by atoms with Crippen molar-refractivity contribution >= 4 is 17.6 Å². The summed E-state index contributed by atoms with van der Waals surface area (Å²) in [4.78, 5) is 26.5. The second-order valence-corrected chi connectivity index (χ2v) is 5.66. The van der Waals surface area contributed by atoms with Gasteiger partial charge in [-0.15, -0.1) is 0 Å². The van der Waals surface area contributed by atoms with E-state index >= 15 is 0 Å². The van der Waals surface area contributed by atoms with E-state index < -0.39 is 5.97 Å². The number of hydrogen-bond acceptors (Lipinski definition) is 4. The Morgan fingerprint density at radius 2 is 2.09 bits per heavy atom. The van der Waals surface area contributed by atoms with Crippen molar-refractivity contribution in [2.45, 2.75) is 18.9 Å². The average molecular weight is 305 g/mol. The molecule has 1 amide bonds. The van der Waals surface area contributed by atoms with Crippen molar-refractivity contribution in [3.05, 3.63) is 30.3 Å². The van der Waals surface area contributed by atoms with Crippen molar-refractivity contribution in [3.63, 3.8) is 0 Å². The van der Waals surface area contributed by atoms with Crippen LogP contribution in [0.4, 0.5) is 5.69 Å². The summed E-state index contributed by atoms with van der Waals surface area (Å²) >= 11 is 0. The maximum atomic E-state index is 11.7. The molecule has 2 rings (SSSR count). The zero-order chi connectivity index (χ0) is 15.9. The Morgan fingerprint density at radius 3 is 2.77 bits per heavy atom. The number of aliphatic carboxylic acids is 1. The third-order valence-electron chi connectivity index (χ3n) is 3.97. The molecule has 0 aromatic heterocycles. The molecule has 1 atom stereocenters. The maximum absolute atomic E-state index is 11.7. The summed E-state index contributed by atoms with van der Waals surface area (Å²) in [6, 6.07) is 10.6. The monoisotopic (exact) mass is 305 g/mol. The molecule has 2 N–H and O–H groups in total. The highest BCUT2D eigenvalue weighted by atomic mass is 16.4. The number of likely N-dealkylation sites (N-methyl/N-ethyl adjacent to an activating group) is 1. The quantitative estimate of drug-likeness (QED) is 0.813. The maximum Gasteiger partial charge on any atom is 0.322 e. The lowest BCUT2D eigenvalue weighted by Crippen LogP contribution is -2.49. The Kier molecular flexibility index (Phi) is 5.77. The van der Waals surface area contributed by atoms with Gasteiger partial charge in [0.25, 0.3) is 0 Å². The van der Waals surface area contributed by atoms with Crippen molar-refractivity contribution in [1.82, 2.24) is 10.2 Å². The van der Waals surface area contributed by atoms with Crippen molar-refractivity contribution in [1.29, 1.82) is 0 Å². The summed E-state index contributed by atoms with van der Waals surface area (Å²) in [6.07, 6.45) is 2.13. The first-order valence-electron chi connectivity index (χ1n) is 7.55. The van der Waals surface area contributed by atoms with E-state index in [1.807, 2.05) is 30.1 Å². The van der Waals surface area contributed by atoms with Gasteiger partial charge in [-0.05, 0) is 32.0 Å². The van der Waals surface area contributed by atoms with Crippen LogP contribution in [0.15, 0.2) is 30.3 Å². The van der Waals surface area contributed by atoms with E-state index in [1.54, 1.807) is 0 Å². The topological polar surface area (TPSA) is 72.9 Å². The molecule has 0 bridgehead atoms. The third-order valence-corrected chi connectivity index (χ3v) is 3.97. The van der Waals surface area contributed by atoms with Crippen LogP contribution in [0.2, 0.25) is 0 Å². The molecule has 1 unspecified atom stereocenters. The van der Waals surface area contributed by atoms with Crippen LogP contribution in [0.5, 0.6) is 0 Å². The number of carboxylic acid groups (broad SMARTS) is 1. The number of nitrogens with zero attached hydrogens (tertiary/aromatic N) is 2. The van der Waals surface area contributed by atoms with Gasteiger partial charge in [-0.2, -0.15) is 0 Å². The van der Waals surface area contributed by atoms with Gasteiger partial charge in [-0.25, -0.2) is 0 Å². The molecule has 1 aliphatic heterocycles. The minimum absolute atomic E-state index is 0.223. The lowest BCUT2D eigenvalue weighted by atomic mass is 10.0. The number of benzene rings is 1. The zero-order valence-electron chi connectivity index (χ0n) is 12.9. The Labute approximate surface area is 130 Å². The first-order chi connectivity index (χ1) is 10.6. The SMILES string of the molecule is CN(CC(=O)NCC(=O)O)C1CCCN(c2ccccc2)C1. The molecular formula is C16H23N3O3. The van der Waals surface area contributed by atoms with E-state index in [0.717, 1.165) is 25.9 Å². The minimum Gasteiger partial charge on any atom is -0.480 e. The van der Waals surface area contributed by atoms with Crippen molar-refractivity contribution in [2.75, 3.05) is 38.1 Å². The van der Waals surface area contributed by atoms with Crippen LogP contribution in [0, 0.1) is 0 Å². The molecule has 6 heteroatoms. The van der Waals surface area contributed by atoms with Gasteiger partial charge in [0.05, 0.1) is 6.54 Å². The highest BCUT2D eigenvalue weighted by Crippen LogP contribution is 2.21. The minimum atomic E-state index is -1.02. The summed E-state index contributed by atoms with van der Waals surface area (Å²) < 4.78 is 0. The lowest BCUT2D eigenvalue weighted by Gasteiger charge is -2.38. The Morgan fingerprint density at radius 1 is 1.36 bits per heavy atom. The first kappa shape index (κ1) is 16.3. The fourth-order valence-electron chi connectivity index (χ4n) is 2.77. The summed E-state index contributed by atoms with van der Waals surface area (Å²) in [5.74, 6) is -1.27. The molecule has 1 saturated heterocycles. The number of anilines is 1. The molecule has 120 valence electrons. The van der Waals surface area contributed by atoms with E-state index in [0.29, 0.717) is 6.04 Å². The number of amides is 1. The number of carbonyl (C=O) groups is 2. The van der Waals surface area contributed by atoms with Crippen LogP contribution in [0.1, 0.15) is 12.8 Å². The van der Waals surface area contributed by atoms with Crippen molar-refractivity contribution in [2.24, 2.45) is 0 Å². The summed E-state index contributed by atoms with van der Waals surface area (Å²) in [6.45, 7) is 1.81. The van der Waals surface area contributed by atoms with E-state index in [2.05, 4.69) is 22.3 Å². The van der Waals surface area contributed by atoms with Crippen molar-refractivity contribution < 1.29 is 14.7 Å². The van der Waals surface area contributed by atoms with Crippen LogP contribution in [0.25, 0.3) is 0 Å². The molecule has 0 aliphatic carbocycles. The number of carbonyl (C=O) groups excluding carboxylic acids is 1. The molecular weight excluding hydrogens is 282 g/mol. The van der Waals surface area contributed by atoms with E-state index in [4.69, 9.17) is 5.11 Å². The van der Waals surface area contributed by atoms with Crippen LogP contribution < -0.4 is 10.2 Å². The summed E-state index contributed by atoms with van der Waals surface area (Å²) in [5.41, 5.74) is 1.20. The molecule has 0 saturated carbocycles. The predicted molar refractivity (Wildman–Crippen MR) is 85.0 cm³/mol. The Balaban J connectivity index is 1.86. The lowest BCUT2D eigenvalue weighted by molar-refractivity contribution is -0.138. The zero-order valence-corrected chi connectivity index (χ0v) is 12.9. The number of rotatable bonds is 6. The summed E-state index contributed by atoms with van der Waals surface area (Å²) in [7, 11) is 1.92. The third kappa shape index (κ3) is 4.73. The molecule has 1 aromatic carbocycles. The largest absolute Gasteiger partial charge is 0.480 e. The fourth-order valence-corrected chi connectivity index (χ4v) is 2.77. The molecule has 0 spiro atoms. The van der Waals surface area contributed by atoms with Gasteiger partial charge in [0.2, 0.25) is 5.91 Å². The smallest absolute Gasteiger partial charge is 0.322 e. The van der Waals surface area contributed by atoms with Gasteiger partial charge in [0.15, 0.2) is 0 Å². The molecule has 22 heavy (non-hydrogen) atoms. The fraction of sp³-hybridized carbons (Fsp3) is 0.500. The number of hydrogen-bond donors (Lipinski definition) is 2. The van der Waals surface area contributed by atoms with Gasteiger partial charge in [-0.3, -0.25) is 14.5 Å². The summed E-state index contributed by atoms with van der Waals surface area (Å²) in [5, 5.41) is 11.0. The van der Waals surface area contributed by atoms with Gasteiger partial charge < -0.3 is 15.3 Å². The molecule has 1 heterocycles. The molecule has 1 aliphatic rings. The Hall–Kier alpha value is -2.08. The van der Waals surface area contributed by atoms with Crippen LogP contribution >= 0.6 is 0 Å². The standard InChI is InChI=1S/C16H23N3O3/c1-18(12-15(20)17-10-16(21)22)14-8-5-9-19(11-14)13-6-3-2-4-7-13/h2-4,6-7,14H,5,8-12H2,1H3,(H,17,20)(H,21,22). The second-order valence-electron chi connectivity index (χ2n) is 5.66. The predicted octanol–water partition coefficient (Wildman–Crippen LogP) is 0.788. The molecule has 0 radical (unpaired) electrons. The van der Waals surface area contributed by atoms with E-state index in [-0.39, 0.29) is 19.0 Å². The van der Waals surface area contributed by atoms with Crippen molar-refractivity contribution in [3.8, 4) is 0 Å². The highest BCUT2D eigenvalue weighted by molar-refractivity contribution is 5.82. The molecule has 6 nitrogen and oxygen atoms in total. The van der Waals surface area contributed by atoms with Gasteiger partial charge in [-0.1, -0.05) is 18.2 Å². The first-order valence-corrected chi connectivity index (χ1v) is 7.55. The van der Waals surface area contributed by atoms with Crippen LogP contribution in [-0.2, 0) is 9.59 Å². The van der Waals surface area contributed by atoms with Gasteiger partial charge >= 0.3 is 5.97 Å². The number of piperidine rings is 1. The van der Waals surface area contributed by atoms with Crippen LogP contribution in [-0.4, -0.2) is 61.2 Å². The normalized spacial score (nSPS) is 18.3. The Bertz CT molecular complexity index is 507. The number of para-hydroxylation sites is 1. The van der Waals surface area contributed by atoms with E-state index in [1.165, 1.54) is 5.69 Å². The van der Waals surface area contributed by atoms with Gasteiger partial charge in [0, 0.05) is 24.8 Å². The number of nitrogens with one attached hydrogen (secondary N) is 1.